The third-order valence-electron chi connectivity index (χ3n) is 3.40. The summed E-state index contributed by atoms with van der Waals surface area (Å²) >= 11 is 1.39. The molecule has 24 heavy (non-hydrogen) atoms. The summed E-state index contributed by atoms with van der Waals surface area (Å²) in [6, 6.07) is 5.61. The molecule has 6 nitrogen and oxygen atoms in total. The molecular weight excluding hydrogens is 322 g/mol. The van der Waals surface area contributed by atoms with E-state index in [0.29, 0.717) is 16.5 Å². The molecule has 2 N–H and O–H groups in total. The van der Waals surface area contributed by atoms with Gasteiger partial charge in [-0.15, -0.1) is 11.3 Å². The Morgan fingerprint density at radius 1 is 1.04 bits per heavy atom. The molecule has 0 atom stereocenters. The number of carbonyl (C=O) groups is 1. The molecule has 0 spiro atoms. The number of rotatable bonds is 4. The summed E-state index contributed by atoms with van der Waals surface area (Å²) in [5.41, 5.74) is 4.46. The standard InChI is InChI=1S/C17H17N5OS/c1-10-6-7-18-8-14(10)21-13-5-4-11(2)19-15(13)16(23)22-17-20-12(3)9-24-17/h4-9,21H,1-3H3,(H,20,22,23). The molecule has 0 saturated heterocycles. The van der Waals surface area contributed by atoms with Gasteiger partial charge in [-0.1, -0.05) is 0 Å². The molecular formula is C17H17N5OS. The van der Waals surface area contributed by atoms with Crippen molar-refractivity contribution in [2.75, 3.05) is 10.6 Å². The maximum Gasteiger partial charge on any atom is 0.278 e. The van der Waals surface area contributed by atoms with E-state index >= 15 is 0 Å². The van der Waals surface area contributed by atoms with Crippen molar-refractivity contribution in [3.63, 3.8) is 0 Å². The molecule has 0 radical (unpaired) electrons. The van der Waals surface area contributed by atoms with E-state index in [0.717, 1.165) is 22.6 Å². The molecule has 0 saturated carbocycles. The van der Waals surface area contributed by atoms with Gasteiger partial charge in [0.2, 0.25) is 0 Å². The molecule has 3 heterocycles. The lowest BCUT2D eigenvalue weighted by Crippen LogP contribution is -2.16. The fourth-order valence-corrected chi connectivity index (χ4v) is 2.82. The third-order valence-corrected chi connectivity index (χ3v) is 4.27. The van der Waals surface area contributed by atoms with Gasteiger partial charge in [-0.2, -0.15) is 0 Å². The van der Waals surface area contributed by atoms with Gasteiger partial charge in [0.1, 0.15) is 0 Å². The Bertz CT molecular complexity index is 890. The van der Waals surface area contributed by atoms with Gasteiger partial charge in [0.05, 0.1) is 23.3 Å². The molecule has 0 aliphatic heterocycles. The van der Waals surface area contributed by atoms with Crippen LogP contribution in [0.4, 0.5) is 16.5 Å². The van der Waals surface area contributed by atoms with Gasteiger partial charge >= 0.3 is 0 Å². The SMILES string of the molecule is Cc1csc(NC(=O)c2nc(C)ccc2Nc2cnccc2C)n1. The van der Waals surface area contributed by atoms with E-state index in [1.54, 1.807) is 12.4 Å². The predicted octanol–water partition coefficient (Wildman–Crippen LogP) is 3.85. The van der Waals surface area contributed by atoms with Crippen molar-refractivity contribution in [2.24, 2.45) is 0 Å². The fraction of sp³-hybridized carbons (Fsp3) is 0.176. The highest BCUT2D eigenvalue weighted by Gasteiger charge is 2.16. The minimum atomic E-state index is -0.294. The van der Waals surface area contributed by atoms with Crippen LogP contribution in [0.5, 0.6) is 0 Å². The van der Waals surface area contributed by atoms with Crippen LogP contribution in [0.15, 0.2) is 36.0 Å². The predicted molar refractivity (Wildman–Crippen MR) is 96.0 cm³/mol. The Morgan fingerprint density at radius 3 is 2.58 bits per heavy atom. The molecule has 3 rings (SSSR count). The van der Waals surface area contributed by atoms with Gasteiger partial charge in [-0.3, -0.25) is 15.1 Å². The zero-order valence-electron chi connectivity index (χ0n) is 13.6. The van der Waals surface area contributed by atoms with E-state index in [9.17, 15) is 4.79 Å². The first-order valence-electron chi connectivity index (χ1n) is 7.41. The van der Waals surface area contributed by atoms with Gasteiger partial charge in [0, 0.05) is 17.3 Å². The van der Waals surface area contributed by atoms with Crippen LogP contribution < -0.4 is 10.6 Å². The second-order valence-electron chi connectivity index (χ2n) is 5.41. The lowest BCUT2D eigenvalue weighted by atomic mass is 10.2. The van der Waals surface area contributed by atoms with Crippen molar-refractivity contribution < 1.29 is 4.79 Å². The molecule has 122 valence electrons. The van der Waals surface area contributed by atoms with Gasteiger partial charge in [-0.25, -0.2) is 9.97 Å². The fourth-order valence-electron chi connectivity index (χ4n) is 2.14. The maximum atomic E-state index is 12.6. The second-order valence-corrected chi connectivity index (χ2v) is 6.27. The number of aromatic nitrogens is 3. The van der Waals surface area contributed by atoms with Crippen molar-refractivity contribution in [1.29, 1.82) is 0 Å². The molecule has 0 fully saturated rings. The quantitative estimate of drug-likeness (QED) is 0.754. The number of carbonyl (C=O) groups excluding carboxylic acids is 1. The zero-order chi connectivity index (χ0) is 17.1. The summed E-state index contributed by atoms with van der Waals surface area (Å²) in [5, 5.41) is 8.48. The first-order valence-corrected chi connectivity index (χ1v) is 8.29. The summed E-state index contributed by atoms with van der Waals surface area (Å²) in [7, 11) is 0. The monoisotopic (exact) mass is 339 g/mol. The second kappa shape index (κ2) is 6.76. The Morgan fingerprint density at radius 2 is 1.88 bits per heavy atom. The number of aryl methyl sites for hydroxylation is 3. The van der Waals surface area contributed by atoms with Crippen LogP contribution >= 0.6 is 11.3 Å². The molecule has 0 aliphatic carbocycles. The summed E-state index contributed by atoms with van der Waals surface area (Å²) in [4.78, 5) is 25.4. The average Bonchev–Trinajstić information content (AvgIpc) is 2.96. The van der Waals surface area contributed by atoms with Gasteiger partial charge < -0.3 is 5.32 Å². The van der Waals surface area contributed by atoms with Crippen LogP contribution in [0.1, 0.15) is 27.4 Å². The van der Waals surface area contributed by atoms with Crippen LogP contribution in [0, 0.1) is 20.8 Å². The van der Waals surface area contributed by atoms with Gasteiger partial charge in [-0.05, 0) is 44.5 Å². The first-order chi connectivity index (χ1) is 11.5. The van der Waals surface area contributed by atoms with Crippen molar-refractivity contribution in [1.82, 2.24) is 15.0 Å². The Labute approximate surface area is 144 Å². The van der Waals surface area contributed by atoms with Crippen LogP contribution in [0.2, 0.25) is 0 Å². The summed E-state index contributed by atoms with van der Waals surface area (Å²) < 4.78 is 0. The largest absolute Gasteiger partial charge is 0.352 e. The average molecular weight is 339 g/mol. The highest BCUT2D eigenvalue weighted by molar-refractivity contribution is 7.13. The number of anilines is 3. The smallest absolute Gasteiger partial charge is 0.278 e. The van der Waals surface area contributed by atoms with Crippen molar-refractivity contribution in [2.45, 2.75) is 20.8 Å². The number of hydrogen-bond acceptors (Lipinski definition) is 6. The number of thiazole rings is 1. The molecule has 3 aromatic rings. The van der Waals surface area contributed by atoms with Crippen molar-refractivity contribution >= 4 is 33.8 Å². The van der Waals surface area contributed by atoms with Crippen LogP contribution in [-0.2, 0) is 0 Å². The zero-order valence-corrected chi connectivity index (χ0v) is 14.4. The number of amides is 1. The van der Waals surface area contributed by atoms with Crippen molar-refractivity contribution in [3.8, 4) is 0 Å². The molecule has 3 aromatic heterocycles. The van der Waals surface area contributed by atoms with Gasteiger partial charge in [0.25, 0.3) is 5.91 Å². The Kier molecular flexibility index (Phi) is 4.52. The third kappa shape index (κ3) is 3.57. The lowest BCUT2D eigenvalue weighted by molar-refractivity contribution is 0.102. The lowest BCUT2D eigenvalue weighted by Gasteiger charge is -2.13. The normalized spacial score (nSPS) is 10.5. The number of nitrogens with zero attached hydrogens (tertiary/aromatic N) is 3. The summed E-state index contributed by atoms with van der Waals surface area (Å²) in [5.74, 6) is -0.294. The van der Waals surface area contributed by atoms with E-state index in [1.807, 2.05) is 44.4 Å². The van der Waals surface area contributed by atoms with Crippen LogP contribution in [0.3, 0.4) is 0 Å². The number of pyridine rings is 2. The van der Waals surface area contributed by atoms with E-state index in [1.165, 1.54) is 11.3 Å². The molecule has 1 amide bonds. The minimum absolute atomic E-state index is 0.294. The molecule has 0 unspecified atom stereocenters. The Hall–Kier alpha value is -2.80. The topological polar surface area (TPSA) is 79.8 Å². The molecule has 0 bridgehead atoms. The highest BCUT2D eigenvalue weighted by atomic mass is 32.1. The van der Waals surface area contributed by atoms with Crippen molar-refractivity contribution in [3.05, 3.63) is 58.6 Å². The number of nitrogens with one attached hydrogen (secondary N) is 2. The minimum Gasteiger partial charge on any atom is -0.352 e. The Balaban J connectivity index is 1.90. The molecule has 0 aromatic carbocycles. The highest BCUT2D eigenvalue weighted by Crippen LogP contribution is 2.23. The summed E-state index contributed by atoms with van der Waals surface area (Å²) in [6.07, 6.45) is 3.45. The van der Waals surface area contributed by atoms with Crippen LogP contribution in [0.25, 0.3) is 0 Å². The number of hydrogen-bond donors (Lipinski definition) is 2. The maximum absolute atomic E-state index is 12.6. The summed E-state index contributed by atoms with van der Waals surface area (Å²) in [6.45, 7) is 5.71. The van der Waals surface area contributed by atoms with Gasteiger partial charge in [0.15, 0.2) is 10.8 Å². The van der Waals surface area contributed by atoms with E-state index in [4.69, 9.17) is 0 Å². The van der Waals surface area contributed by atoms with E-state index in [-0.39, 0.29) is 5.91 Å². The molecule has 0 aliphatic rings. The van der Waals surface area contributed by atoms with Crippen LogP contribution in [-0.4, -0.2) is 20.9 Å². The van der Waals surface area contributed by atoms with E-state index in [2.05, 4.69) is 25.6 Å². The molecule has 7 heteroatoms. The first kappa shape index (κ1) is 16.1. The van der Waals surface area contributed by atoms with E-state index < -0.39 is 0 Å².